The van der Waals surface area contributed by atoms with Crippen molar-refractivity contribution in [2.24, 2.45) is 11.7 Å². The predicted octanol–water partition coefficient (Wildman–Crippen LogP) is 3.58. The Labute approximate surface area is 139 Å². The van der Waals surface area contributed by atoms with E-state index in [4.69, 9.17) is 5.73 Å². The summed E-state index contributed by atoms with van der Waals surface area (Å²) in [6.07, 6.45) is 8.10. The monoisotopic (exact) mass is 315 g/mol. The normalized spacial score (nSPS) is 30.5. The van der Waals surface area contributed by atoms with Crippen molar-refractivity contribution in [3.05, 3.63) is 34.9 Å². The number of benzene rings is 1. The molecule has 3 rings (SSSR count). The Morgan fingerprint density at radius 1 is 1.35 bits per heavy atom. The van der Waals surface area contributed by atoms with Crippen LogP contribution in [0.5, 0.6) is 0 Å². The van der Waals surface area contributed by atoms with E-state index in [-0.39, 0.29) is 12.5 Å². The fourth-order valence-electron chi connectivity index (χ4n) is 4.31. The van der Waals surface area contributed by atoms with Gasteiger partial charge in [0.2, 0.25) is 0 Å². The first-order valence-corrected chi connectivity index (χ1v) is 9.13. The third kappa shape index (κ3) is 3.36. The summed E-state index contributed by atoms with van der Waals surface area (Å²) >= 11 is 0. The largest absolute Gasteiger partial charge is 0.394 e. The molecule has 3 N–H and O–H groups in total. The molecule has 3 nitrogen and oxygen atoms in total. The number of ketones is 1. The van der Waals surface area contributed by atoms with Crippen LogP contribution in [0.3, 0.4) is 0 Å². The summed E-state index contributed by atoms with van der Waals surface area (Å²) < 4.78 is 0. The van der Waals surface area contributed by atoms with E-state index in [1.165, 1.54) is 11.1 Å². The van der Waals surface area contributed by atoms with Crippen molar-refractivity contribution >= 4 is 5.78 Å². The second kappa shape index (κ2) is 6.74. The lowest BCUT2D eigenvalue weighted by Gasteiger charge is -2.25. The first kappa shape index (κ1) is 16.7. The van der Waals surface area contributed by atoms with Crippen LogP contribution in [-0.4, -0.2) is 23.0 Å². The third-order valence-corrected chi connectivity index (χ3v) is 5.86. The Kier molecular flexibility index (Phi) is 4.88. The van der Waals surface area contributed by atoms with Gasteiger partial charge in [0.25, 0.3) is 0 Å². The minimum atomic E-state index is -0.415. The average molecular weight is 315 g/mol. The molecule has 0 aromatic heterocycles. The first-order chi connectivity index (χ1) is 11.1. The number of carbonyl (C=O) groups is 1. The van der Waals surface area contributed by atoms with Gasteiger partial charge in [-0.05, 0) is 55.6 Å². The molecule has 1 fully saturated rings. The van der Waals surface area contributed by atoms with Gasteiger partial charge < -0.3 is 10.8 Å². The van der Waals surface area contributed by atoms with E-state index in [0.29, 0.717) is 11.7 Å². The number of carbonyl (C=O) groups excluding carboxylic acids is 1. The Balaban J connectivity index is 1.75. The molecule has 2 aliphatic carbocycles. The van der Waals surface area contributed by atoms with Gasteiger partial charge in [0.1, 0.15) is 0 Å². The number of hydrogen-bond donors (Lipinski definition) is 2. The van der Waals surface area contributed by atoms with Crippen LogP contribution >= 0.6 is 0 Å². The highest BCUT2D eigenvalue weighted by molar-refractivity contribution is 6.00. The number of nitrogens with two attached hydrogens (primary N) is 1. The maximum Gasteiger partial charge on any atom is 0.166 e. The van der Waals surface area contributed by atoms with Gasteiger partial charge in [-0.1, -0.05) is 38.0 Å². The quantitative estimate of drug-likeness (QED) is 0.873. The van der Waals surface area contributed by atoms with E-state index >= 15 is 0 Å². The molecule has 2 aliphatic rings. The van der Waals surface area contributed by atoms with Gasteiger partial charge in [-0.15, -0.1) is 0 Å². The molecular weight excluding hydrogens is 286 g/mol. The molecule has 0 amide bonds. The summed E-state index contributed by atoms with van der Waals surface area (Å²) in [4.78, 5) is 12.7. The van der Waals surface area contributed by atoms with Crippen LogP contribution in [0.15, 0.2) is 18.2 Å². The van der Waals surface area contributed by atoms with E-state index in [2.05, 4.69) is 19.1 Å². The van der Waals surface area contributed by atoms with E-state index in [1.807, 2.05) is 6.07 Å². The standard InChI is InChI=1S/C20H29NO2/c1-2-3-4-14-5-6-16-11-15(7-8-18(16)19(14)23)17-9-10-20(21,12-17)13-22/h7-8,11,14,17,22H,2-6,9-10,12-13,21H2,1H3/t14?,17-,20+/m0/s1. The second-order valence-electron chi connectivity index (χ2n) is 7.62. The lowest BCUT2D eigenvalue weighted by Crippen LogP contribution is -2.40. The molecule has 1 unspecified atom stereocenters. The predicted molar refractivity (Wildman–Crippen MR) is 92.7 cm³/mol. The maximum atomic E-state index is 12.7. The lowest BCUT2D eigenvalue weighted by molar-refractivity contribution is 0.0893. The number of hydrogen-bond acceptors (Lipinski definition) is 3. The number of aliphatic hydroxyl groups is 1. The molecule has 23 heavy (non-hydrogen) atoms. The Morgan fingerprint density at radius 2 is 2.17 bits per heavy atom. The zero-order chi connectivity index (χ0) is 16.4. The van der Waals surface area contributed by atoms with Gasteiger partial charge in [0, 0.05) is 17.0 Å². The molecular formula is C20H29NO2. The smallest absolute Gasteiger partial charge is 0.166 e. The van der Waals surface area contributed by atoms with E-state index in [1.54, 1.807) is 0 Å². The highest BCUT2D eigenvalue weighted by Crippen LogP contribution is 2.40. The third-order valence-electron chi connectivity index (χ3n) is 5.86. The zero-order valence-electron chi connectivity index (χ0n) is 14.2. The minimum Gasteiger partial charge on any atom is -0.394 e. The van der Waals surface area contributed by atoms with Crippen LogP contribution in [-0.2, 0) is 6.42 Å². The Bertz CT molecular complexity index is 583. The zero-order valence-corrected chi connectivity index (χ0v) is 14.2. The van der Waals surface area contributed by atoms with Crippen LogP contribution in [0, 0.1) is 5.92 Å². The summed E-state index contributed by atoms with van der Waals surface area (Å²) in [5.41, 5.74) is 9.25. The number of rotatable bonds is 5. The summed E-state index contributed by atoms with van der Waals surface area (Å²) in [6.45, 7) is 2.24. The van der Waals surface area contributed by atoms with Crippen LogP contribution in [0.4, 0.5) is 0 Å². The van der Waals surface area contributed by atoms with Crippen molar-refractivity contribution in [3.8, 4) is 0 Å². The molecule has 126 valence electrons. The lowest BCUT2D eigenvalue weighted by atomic mass is 9.79. The number of unbranched alkanes of at least 4 members (excludes halogenated alkanes) is 1. The van der Waals surface area contributed by atoms with Gasteiger partial charge in [-0.3, -0.25) is 4.79 Å². The highest BCUT2D eigenvalue weighted by atomic mass is 16.3. The molecule has 3 atom stereocenters. The van der Waals surface area contributed by atoms with Gasteiger partial charge in [0.15, 0.2) is 5.78 Å². The van der Waals surface area contributed by atoms with Gasteiger partial charge in [-0.25, -0.2) is 0 Å². The molecule has 1 aromatic carbocycles. The molecule has 1 aromatic rings. The van der Waals surface area contributed by atoms with Gasteiger partial charge in [-0.2, -0.15) is 0 Å². The van der Waals surface area contributed by atoms with E-state index in [0.717, 1.165) is 56.9 Å². The summed E-state index contributed by atoms with van der Waals surface area (Å²) in [5.74, 6) is 0.998. The number of fused-ring (bicyclic) bond motifs is 1. The maximum absolute atomic E-state index is 12.7. The van der Waals surface area contributed by atoms with Crippen LogP contribution in [0.1, 0.15) is 79.3 Å². The topological polar surface area (TPSA) is 63.3 Å². The van der Waals surface area contributed by atoms with E-state index < -0.39 is 5.54 Å². The summed E-state index contributed by atoms with van der Waals surface area (Å²) in [5, 5.41) is 9.45. The Hall–Kier alpha value is -1.19. The fraction of sp³-hybridized carbons (Fsp3) is 0.650. The van der Waals surface area contributed by atoms with Crippen LogP contribution in [0.2, 0.25) is 0 Å². The van der Waals surface area contributed by atoms with Crippen molar-refractivity contribution in [3.63, 3.8) is 0 Å². The summed E-state index contributed by atoms with van der Waals surface area (Å²) in [7, 11) is 0. The van der Waals surface area contributed by atoms with Crippen molar-refractivity contribution < 1.29 is 9.90 Å². The van der Waals surface area contributed by atoms with E-state index in [9.17, 15) is 9.90 Å². The van der Waals surface area contributed by atoms with Crippen LogP contribution < -0.4 is 5.73 Å². The molecule has 0 bridgehead atoms. The van der Waals surface area contributed by atoms with Gasteiger partial charge >= 0.3 is 0 Å². The van der Waals surface area contributed by atoms with Crippen molar-refractivity contribution in [2.75, 3.05) is 6.61 Å². The molecule has 1 saturated carbocycles. The molecule has 0 radical (unpaired) electrons. The van der Waals surface area contributed by atoms with Crippen molar-refractivity contribution in [1.29, 1.82) is 0 Å². The summed E-state index contributed by atoms with van der Waals surface area (Å²) in [6, 6.07) is 6.39. The second-order valence-corrected chi connectivity index (χ2v) is 7.62. The average Bonchev–Trinajstić information content (AvgIpc) is 2.97. The molecule has 0 saturated heterocycles. The fourth-order valence-corrected chi connectivity index (χ4v) is 4.31. The molecule has 0 aliphatic heterocycles. The number of Topliss-reactive ketones (excluding diaryl/α,β-unsaturated/α-hetero) is 1. The van der Waals surface area contributed by atoms with Crippen LogP contribution in [0.25, 0.3) is 0 Å². The highest BCUT2D eigenvalue weighted by Gasteiger charge is 2.36. The van der Waals surface area contributed by atoms with Gasteiger partial charge in [0.05, 0.1) is 6.61 Å². The SMILES string of the molecule is CCCCC1CCc2cc([C@H]3CC[C@](N)(CO)C3)ccc2C1=O. The Morgan fingerprint density at radius 3 is 2.87 bits per heavy atom. The van der Waals surface area contributed by atoms with Crippen molar-refractivity contribution in [2.45, 2.75) is 69.7 Å². The van der Waals surface area contributed by atoms with Crippen molar-refractivity contribution in [1.82, 2.24) is 0 Å². The molecule has 3 heteroatoms. The number of aliphatic hydroxyl groups excluding tert-OH is 1. The number of aryl methyl sites for hydroxylation is 1. The minimum absolute atomic E-state index is 0.0615. The molecule has 0 spiro atoms. The first-order valence-electron chi connectivity index (χ1n) is 9.13. The molecule has 0 heterocycles.